The molecule has 1 aliphatic heterocycles. The van der Waals surface area contributed by atoms with Gasteiger partial charge in [-0.25, -0.2) is 0 Å². The maximum Gasteiger partial charge on any atom is 0.254 e. The van der Waals surface area contributed by atoms with Gasteiger partial charge in [0, 0.05) is 23.5 Å². The molecule has 1 atom stereocenters. The number of unbranched alkanes of at least 4 members (excludes halogenated alkanes) is 1. The van der Waals surface area contributed by atoms with E-state index in [4.69, 9.17) is 4.74 Å². The van der Waals surface area contributed by atoms with Crippen molar-refractivity contribution in [2.24, 2.45) is 0 Å². The minimum atomic E-state index is -0.138. The van der Waals surface area contributed by atoms with Crippen molar-refractivity contribution >= 4 is 23.2 Å². The summed E-state index contributed by atoms with van der Waals surface area (Å²) in [6.07, 6.45) is 2.64. The zero-order valence-corrected chi connectivity index (χ0v) is 20.9. The van der Waals surface area contributed by atoms with E-state index in [1.54, 1.807) is 35.5 Å². The number of carbonyl (C=O) groups is 2. The molecular weight excluding hydrogens is 444 g/mol. The fourth-order valence-corrected chi connectivity index (χ4v) is 5.51. The number of hydrogen-bond donors (Lipinski definition) is 0. The highest BCUT2D eigenvalue weighted by atomic mass is 32.1. The Balaban J connectivity index is 1.62. The molecule has 2 heterocycles. The lowest BCUT2D eigenvalue weighted by Crippen LogP contribution is -2.47. The van der Waals surface area contributed by atoms with Gasteiger partial charge < -0.3 is 14.5 Å². The first kappa shape index (κ1) is 24.0. The van der Waals surface area contributed by atoms with E-state index >= 15 is 0 Å². The van der Waals surface area contributed by atoms with Crippen LogP contribution in [0.3, 0.4) is 0 Å². The Bertz CT molecular complexity index is 1160. The van der Waals surface area contributed by atoms with E-state index in [1.807, 2.05) is 29.2 Å². The molecule has 0 bridgehead atoms. The smallest absolute Gasteiger partial charge is 0.254 e. The van der Waals surface area contributed by atoms with Crippen molar-refractivity contribution in [3.05, 3.63) is 87.1 Å². The lowest BCUT2D eigenvalue weighted by atomic mass is 9.90. The minimum Gasteiger partial charge on any atom is -0.497 e. The molecule has 0 N–H and O–H groups in total. The molecule has 0 aliphatic carbocycles. The summed E-state index contributed by atoms with van der Waals surface area (Å²) >= 11 is 1.76. The van der Waals surface area contributed by atoms with Crippen molar-refractivity contribution in [1.82, 2.24) is 9.80 Å². The second-order valence-electron chi connectivity index (χ2n) is 8.71. The predicted octanol–water partition coefficient (Wildman–Crippen LogP) is 5.48. The molecule has 4 rings (SSSR count). The van der Waals surface area contributed by atoms with Crippen LogP contribution in [0.4, 0.5) is 0 Å². The van der Waals surface area contributed by atoms with Gasteiger partial charge in [-0.1, -0.05) is 43.7 Å². The molecule has 2 amide bonds. The average molecular weight is 477 g/mol. The van der Waals surface area contributed by atoms with E-state index < -0.39 is 0 Å². The number of rotatable bonds is 8. The number of ether oxygens (including phenoxy) is 1. The first-order valence-corrected chi connectivity index (χ1v) is 12.8. The van der Waals surface area contributed by atoms with Crippen LogP contribution in [-0.2, 0) is 11.2 Å². The third kappa shape index (κ3) is 5.02. The van der Waals surface area contributed by atoms with Gasteiger partial charge in [-0.05, 0) is 66.1 Å². The number of methoxy groups -OCH3 is 1. The summed E-state index contributed by atoms with van der Waals surface area (Å²) in [6, 6.07) is 17.4. The number of carbonyl (C=O) groups excluding carboxylic acids is 2. The van der Waals surface area contributed by atoms with E-state index in [1.165, 1.54) is 16.0 Å². The summed E-state index contributed by atoms with van der Waals surface area (Å²) in [4.78, 5) is 32.2. The highest BCUT2D eigenvalue weighted by Crippen LogP contribution is 2.39. The van der Waals surface area contributed by atoms with Crippen molar-refractivity contribution in [2.45, 2.75) is 39.2 Å². The Hall–Kier alpha value is -3.12. The SMILES string of the molecule is CCCCN(CC(=O)N1CCc2sccc2C1c1ccccc1C)C(=O)c1cccc(OC)c1. The van der Waals surface area contributed by atoms with Crippen molar-refractivity contribution in [1.29, 1.82) is 0 Å². The van der Waals surface area contributed by atoms with Crippen molar-refractivity contribution in [2.75, 3.05) is 26.7 Å². The average Bonchev–Trinajstić information content (AvgIpc) is 3.35. The summed E-state index contributed by atoms with van der Waals surface area (Å²) in [5.41, 5.74) is 4.06. The maximum absolute atomic E-state index is 13.8. The Morgan fingerprint density at radius 1 is 1.12 bits per heavy atom. The van der Waals surface area contributed by atoms with Gasteiger partial charge in [-0.3, -0.25) is 9.59 Å². The third-order valence-electron chi connectivity index (χ3n) is 6.48. The highest BCUT2D eigenvalue weighted by Gasteiger charge is 2.34. The van der Waals surface area contributed by atoms with Gasteiger partial charge in [0.25, 0.3) is 5.91 Å². The van der Waals surface area contributed by atoms with E-state index in [2.05, 4.69) is 37.4 Å². The molecule has 178 valence electrons. The summed E-state index contributed by atoms with van der Waals surface area (Å²) in [5.74, 6) is 0.479. The largest absolute Gasteiger partial charge is 0.497 e. The van der Waals surface area contributed by atoms with Crippen LogP contribution in [0.15, 0.2) is 60.0 Å². The summed E-state index contributed by atoms with van der Waals surface area (Å²) in [6.45, 7) is 5.45. The van der Waals surface area contributed by atoms with Crippen molar-refractivity contribution in [3.63, 3.8) is 0 Å². The molecule has 3 aromatic rings. The predicted molar refractivity (Wildman–Crippen MR) is 137 cm³/mol. The molecule has 0 fully saturated rings. The van der Waals surface area contributed by atoms with Gasteiger partial charge >= 0.3 is 0 Å². The number of thiophene rings is 1. The molecular formula is C28H32N2O3S. The molecule has 1 aliphatic rings. The molecule has 1 unspecified atom stereocenters. The fourth-order valence-electron chi connectivity index (χ4n) is 4.61. The molecule has 0 radical (unpaired) electrons. The van der Waals surface area contributed by atoms with Crippen LogP contribution >= 0.6 is 11.3 Å². The number of amides is 2. The molecule has 1 aromatic heterocycles. The minimum absolute atomic E-state index is 0.0162. The van der Waals surface area contributed by atoms with Crippen LogP contribution in [0.25, 0.3) is 0 Å². The van der Waals surface area contributed by atoms with E-state index in [0.29, 0.717) is 24.4 Å². The van der Waals surface area contributed by atoms with Crippen LogP contribution in [0, 0.1) is 6.92 Å². The van der Waals surface area contributed by atoms with Crippen LogP contribution in [0.2, 0.25) is 0 Å². The Morgan fingerprint density at radius 3 is 2.71 bits per heavy atom. The number of benzene rings is 2. The lowest BCUT2D eigenvalue weighted by molar-refractivity contribution is -0.134. The second kappa shape index (κ2) is 10.9. The van der Waals surface area contributed by atoms with Crippen LogP contribution in [0.5, 0.6) is 5.75 Å². The lowest BCUT2D eigenvalue weighted by Gasteiger charge is -2.38. The standard InChI is InChI=1S/C28H32N2O3S/c1-4-5-15-29(28(32)21-10-8-11-22(18-21)33-3)19-26(31)30-16-13-25-24(14-17-34-25)27(30)23-12-7-6-9-20(23)2/h6-12,14,17-18,27H,4-5,13,15-16,19H2,1-3H3. The first-order valence-electron chi connectivity index (χ1n) is 11.9. The quantitative estimate of drug-likeness (QED) is 0.432. The fraction of sp³-hybridized carbons (Fsp3) is 0.357. The Labute approximate surface area is 206 Å². The van der Waals surface area contributed by atoms with Gasteiger partial charge in [0.1, 0.15) is 12.3 Å². The van der Waals surface area contributed by atoms with Crippen LogP contribution in [0.1, 0.15) is 57.7 Å². The zero-order valence-electron chi connectivity index (χ0n) is 20.1. The molecule has 2 aromatic carbocycles. The van der Waals surface area contributed by atoms with Crippen LogP contribution in [-0.4, -0.2) is 48.4 Å². The van der Waals surface area contributed by atoms with Gasteiger partial charge in [0.15, 0.2) is 0 Å². The summed E-state index contributed by atoms with van der Waals surface area (Å²) in [7, 11) is 1.59. The van der Waals surface area contributed by atoms with Gasteiger partial charge in [-0.15, -0.1) is 11.3 Å². The third-order valence-corrected chi connectivity index (χ3v) is 7.48. The van der Waals surface area contributed by atoms with Crippen LogP contribution < -0.4 is 4.74 Å². The number of nitrogens with zero attached hydrogens (tertiary/aromatic N) is 2. The number of aryl methyl sites for hydroxylation is 1. The highest BCUT2D eigenvalue weighted by molar-refractivity contribution is 7.10. The van der Waals surface area contributed by atoms with Gasteiger partial charge in [-0.2, -0.15) is 0 Å². The van der Waals surface area contributed by atoms with Gasteiger partial charge in [0.05, 0.1) is 13.2 Å². The number of hydrogen-bond acceptors (Lipinski definition) is 4. The number of fused-ring (bicyclic) bond motifs is 1. The molecule has 6 heteroatoms. The summed E-state index contributed by atoms with van der Waals surface area (Å²) in [5, 5.41) is 2.11. The summed E-state index contributed by atoms with van der Waals surface area (Å²) < 4.78 is 5.30. The monoisotopic (exact) mass is 476 g/mol. The van der Waals surface area contributed by atoms with Gasteiger partial charge in [0.2, 0.25) is 5.91 Å². The van der Waals surface area contributed by atoms with Crippen molar-refractivity contribution < 1.29 is 14.3 Å². The maximum atomic E-state index is 13.8. The Kier molecular flexibility index (Phi) is 7.68. The second-order valence-corrected chi connectivity index (χ2v) is 9.71. The molecule has 34 heavy (non-hydrogen) atoms. The van der Waals surface area contributed by atoms with E-state index in [0.717, 1.165) is 24.8 Å². The van der Waals surface area contributed by atoms with E-state index in [9.17, 15) is 9.59 Å². The molecule has 5 nitrogen and oxygen atoms in total. The molecule has 0 saturated carbocycles. The molecule has 0 spiro atoms. The molecule has 0 saturated heterocycles. The zero-order chi connectivity index (χ0) is 24.1. The van der Waals surface area contributed by atoms with E-state index in [-0.39, 0.29) is 24.4 Å². The first-order chi connectivity index (χ1) is 16.5. The van der Waals surface area contributed by atoms with Crippen molar-refractivity contribution in [3.8, 4) is 5.75 Å². The topological polar surface area (TPSA) is 49.9 Å². The Morgan fingerprint density at radius 2 is 1.94 bits per heavy atom. The normalized spacial score (nSPS) is 15.0.